The van der Waals surface area contributed by atoms with E-state index >= 15 is 0 Å². The van der Waals surface area contributed by atoms with Crippen LogP contribution < -0.4 is 9.62 Å². The number of alkyl halides is 3. The minimum absolute atomic E-state index is 0.0251. The molecular weight excluding hydrogens is 646 g/mol. The van der Waals surface area contributed by atoms with Gasteiger partial charge < -0.3 is 10.2 Å². The summed E-state index contributed by atoms with van der Waals surface area (Å²) < 4.78 is 83.9. The van der Waals surface area contributed by atoms with Crippen LogP contribution in [-0.4, -0.2) is 44.8 Å². The molecule has 46 heavy (non-hydrogen) atoms. The van der Waals surface area contributed by atoms with Gasteiger partial charge in [0.2, 0.25) is 11.8 Å². The maximum absolute atomic E-state index is 14.2. The van der Waals surface area contributed by atoms with Crippen LogP contribution in [-0.2, 0) is 38.8 Å². The summed E-state index contributed by atoms with van der Waals surface area (Å²) in [7, 11) is -3.26. The molecule has 4 rings (SSSR count). The average Bonchev–Trinajstić information content (AvgIpc) is 3.02. The number of amides is 2. The Bertz CT molecular complexity index is 1790. The van der Waals surface area contributed by atoms with Gasteiger partial charge in [-0.2, -0.15) is 13.2 Å². The van der Waals surface area contributed by atoms with Crippen molar-refractivity contribution in [2.24, 2.45) is 0 Å². The Balaban J connectivity index is 1.84. The van der Waals surface area contributed by atoms with E-state index in [9.17, 15) is 35.6 Å². The van der Waals surface area contributed by atoms with Crippen LogP contribution in [0.25, 0.3) is 0 Å². The van der Waals surface area contributed by atoms with Crippen LogP contribution in [0, 0.1) is 12.7 Å². The zero-order valence-electron chi connectivity index (χ0n) is 24.8. The number of nitrogens with one attached hydrogen (secondary N) is 1. The molecule has 7 nitrogen and oxygen atoms in total. The Hall–Kier alpha value is -4.42. The molecule has 0 aromatic heterocycles. The summed E-state index contributed by atoms with van der Waals surface area (Å²) in [6.45, 7) is 0.515. The smallest absolute Gasteiger partial charge is 0.357 e. The standard InChI is InChI=1S/C33H30ClF4N3O4S/c1-22-8-15-27(16-9-22)46(44,45)41(26-14-17-29(34)28(19-26)33(36,37)38)21-31(42)40(20-24-10-12-25(35)13-11-24)30(32(43)39-2)18-23-6-4-3-5-7-23/h3-17,19,30H,18,20-21H2,1-2H3,(H,39,43). The van der Waals surface area contributed by atoms with Gasteiger partial charge in [0.05, 0.1) is 21.2 Å². The second-order valence-corrected chi connectivity index (χ2v) is 12.7. The van der Waals surface area contributed by atoms with E-state index in [4.69, 9.17) is 11.6 Å². The number of halogens is 5. The van der Waals surface area contributed by atoms with Crippen LogP contribution in [0.1, 0.15) is 22.3 Å². The number of carbonyl (C=O) groups is 2. The molecule has 13 heteroatoms. The van der Waals surface area contributed by atoms with Gasteiger partial charge in [0.25, 0.3) is 10.0 Å². The fourth-order valence-corrected chi connectivity index (χ4v) is 6.39. The summed E-state index contributed by atoms with van der Waals surface area (Å²) in [5.74, 6) is -2.00. The van der Waals surface area contributed by atoms with Gasteiger partial charge in [0, 0.05) is 20.0 Å². The van der Waals surface area contributed by atoms with Crippen molar-refractivity contribution < 1.29 is 35.6 Å². The zero-order chi connectivity index (χ0) is 33.6. The fourth-order valence-electron chi connectivity index (χ4n) is 4.76. The van der Waals surface area contributed by atoms with Crippen LogP contribution in [0.4, 0.5) is 23.2 Å². The second-order valence-electron chi connectivity index (χ2n) is 10.5. The minimum atomic E-state index is -4.93. The molecule has 0 bridgehead atoms. The van der Waals surface area contributed by atoms with E-state index in [2.05, 4.69) is 5.32 Å². The van der Waals surface area contributed by atoms with Crippen LogP contribution in [0.2, 0.25) is 5.02 Å². The van der Waals surface area contributed by atoms with E-state index in [1.165, 1.54) is 55.6 Å². The third-order valence-electron chi connectivity index (χ3n) is 7.21. The number of carbonyl (C=O) groups excluding carboxylic acids is 2. The van der Waals surface area contributed by atoms with Crippen LogP contribution in [0.5, 0.6) is 0 Å². The van der Waals surface area contributed by atoms with E-state index in [-0.39, 0.29) is 17.9 Å². The third kappa shape index (κ3) is 8.24. The van der Waals surface area contributed by atoms with Crippen molar-refractivity contribution in [2.45, 2.75) is 37.0 Å². The van der Waals surface area contributed by atoms with Gasteiger partial charge in [0.1, 0.15) is 18.4 Å². The van der Waals surface area contributed by atoms with Gasteiger partial charge in [-0.1, -0.05) is 71.8 Å². The maximum Gasteiger partial charge on any atom is 0.417 e. The molecule has 0 aliphatic heterocycles. The van der Waals surface area contributed by atoms with Crippen molar-refractivity contribution in [3.63, 3.8) is 0 Å². The van der Waals surface area contributed by atoms with Gasteiger partial charge in [-0.15, -0.1) is 0 Å². The molecule has 1 N–H and O–H groups in total. The fraction of sp³-hybridized carbons (Fsp3) is 0.212. The highest BCUT2D eigenvalue weighted by atomic mass is 35.5. The predicted octanol–water partition coefficient (Wildman–Crippen LogP) is 6.39. The van der Waals surface area contributed by atoms with Crippen molar-refractivity contribution in [3.05, 3.63) is 130 Å². The lowest BCUT2D eigenvalue weighted by Gasteiger charge is -2.33. The highest BCUT2D eigenvalue weighted by molar-refractivity contribution is 7.92. The molecule has 0 radical (unpaired) electrons. The topological polar surface area (TPSA) is 86.8 Å². The minimum Gasteiger partial charge on any atom is -0.357 e. The largest absolute Gasteiger partial charge is 0.417 e. The van der Waals surface area contributed by atoms with Gasteiger partial charge in [0.15, 0.2) is 0 Å². The summed E-state index contributed by atoms with van der Waals surface area (Å²) in [5.41, 5.74) is 0.0815. The number of benzene rings is 4. The van der Waals surface area contributed by atoms with Gasteiger partial charge in [-0.3, -0.25) is 13.9 Å². The molecule has 4 aromatic rings. The molecule has 1 atom stereocenters. The van der Waals surface area contributed by atoms with E-state index in [0.717, 1.165) is 22.6 Å². The number of hydrogen-bond donors (Lipinski definition) is 1. The molecule has 4 aromatic carbocycles. The summed E-state index contributed by atoms with van der Waals surface area (Å²) in [6.07, 6.45) is -4.90. The van der Waals surface area contributed by atoms with E-state index < -0.39 is 62.7 Å². The number of likely N-dealkylation sites (N-methyl/N-ethyl adjacent to an activating group) is 1. The monoisotopic (exact) mass is 675 g/mol. The van der Waals surface area contributed by atoms with Crippen molar-refractivity contribution in [1.29, 1.82) is 0 Å². The van der Waals surface area contributed by atoms with Gasteiger partial charge in [-0.05, 0) is 60.5 Å². The molecular formula is C33H30ClF4N3O4S. The number of nitrogens with zero attached hydrogens (tertiary/aromatic N) is 2. The number of sulfonamides is 1. The molecule has 0 aliphatic carbocycles. The van der Waals surface area contributed by atoms with E-state index in [1.54, 1.807) is 37.3 Å². The molecule has 1 unspecified atom stereocenters. The summed E-state index contributed by atoms with van der Waals surface area (Å²) in [5, 5.41) is 1.87. The van der Waals surface area contributed by atoms with Gasteiger partial charge in [-0.25, -0.2) is 12.8 Å². The molecule has 0 heterocycles. The van der Waals surface area contributed by atoms with Crippen molar-refractivity contribution in [2.75, 3.05) is 17.9 Å². The van der Waals surface area contributed by atoms with Crippen LogP contribution >= 0.6 is 11.6 Å². The normalized spacial score (nSPS) is 12.3. The highest BCUT2D eigenvalue weighted by Crippen LogP contribution is 2.38. The Morgan fingerprint density at radius 1 is 0.891 bits per heavy atom. The molecule has 0 spiro atoms. The third-order valence-corrected chi connectivity index (χ3v) is 9.33. The lowest BCUT2D eigenvalue weighted by molar-refractivity contribution is -0.139. The lowest BCUT2D eigenvalue weighted by Crippen LogP contribution is -2.53. The second kappa shape index (κ2) is 14.3. The number of hydrogen-bond acceptors (Lipinski definition) is 4. The molecule has 242 valence electrons. The molecule has 0 saturated heterocycles. The molecule has 0 saturated carbocycles. The first-order valence-corrected chi connectivity index (χ1v) is 15.8. The predicted molar refractivity (Wildman–Crippen MR) is 167 cm³/mol. The molecule has 0 fully saturated rings. The summed E-state index contributed by atoms with van der Waals surface area (Å²) in [4.78, 5) is 28.4. The summed E-state index contributed by atoms with van der Waals surface area (Å²) in [6, 6.07) is 20.9. The SMILES string of the molecule is CNC(=O)C(Cc1ccccc1)N(Cc1ccc(F)cc1)C(=O)CN(c1ccc(Cl)c(C(F)(F)F)c1)S(=O)(=O)c1ccc(C)cc1. The molecule has 0 aliphatic rings. The maximum atomic E-state index is 14.2. The lowest BCUT2D eigenvalue weighted by atomic mass is 10.0. The average molecular weight is 676 g/mol. The van der Waals surface area contributed by atoms with Crippen molar-refractivity contribution in [1.82, 2.24) is 10.2 Å². The first-order chi connectivity index (χ1) is 21.7. The zero-order valence-corrected chi connectivity index (χ0v) is 26.3. The van der Waals surface area contributed by atoms with Crippen LogP contribution in [0.15, 0.2) is 102 Å². The Labute approximate surface area is 269 Å². The Morgan fingerprint density at radius 2 is 1.52 bits per heavy atom. The number of aryl methyl sites for hydroxylation is 1. The van der Waals surface area contributed by atoms with E-state index in [0.29, 0.717) is 21.5 Å². The Kier molecular flexibility index (Phi) is 10.7. The molecule has 2 amide bonds. The Morgan fingerprint density at radius 3 is 2.11 bits per heavy atom. The highest BCUT2D eigenvalue weighted by Gasteiger charge is 2.37. The number of rotatable bonds is 11. The number of anilines is 1. The van der Waals surface area contributed by atoms with Crippen molar-refractivity contribution in [3.8, 4) is 0 Å². The van der Waals surface area contributed by atoms with E-state index in [1.807, 2.05) is 0 Å². The van der Waals surface area contributed by atoms with Crippen molar-refractivity contribution >= 4 is 39.1 Å². The van der Waals surface area contributed by atoms with Crippen LogP contribution in [0.3, 0.4) is 0 Å². The first-order valence-electron chi connectivity index (χ1n) is 14.0. The first kappa shape index (κ1) is 34.5. The quantitative estimate of drug-likeness (QED) is 0.187. The summed E-state index contributed by atoms with van der Waals surface area (Å²) >= 11 is 5.83. The van der Waals surface area contributed by atoms with Gasteiger partial charge >= 0.3 is 6.18 Å².